The molecular weight excluding hydrogens is 345 g/mol. The summed E-state index contributed by atoms with van der Waals surface area (Å²) in [4.78, 5) is 25.9. The van der Waals surface area contributed by atoms with Crippen LogP contribution in [0.1, 0.15) is 31.7 Å². The summed E-state index contributed by atoms with van der Waals surface area (Å²) in [6.45, 7) is 2.48. The number of carbonyl (C=O) groups excluding carboxylic acids is 2. The Morgan fingerprint density at radius 2 is 2.00 bits per heavy atom. The zero-order chi connectivity index (χ0) is 19.2. The summed E-state index contributed by atoms with van der Waals surface area (Å²) in [7, 11) is 0. The number of halogens is 1. The van der Waals surface area contributed by atoms with Crippen molar-refractivity contribution >= 4 is 23.3 Å². The molecule has 0 bridgehead atoms. The van der Waals surface area contributed by atoms with Crippen molar-refractivity contribution in [3.8, 4) is 0 Å². The minimum Gasteiger partial charge on any atom is -0.333 e. The van der Waals surface area contributed by atoms with Crippen LogP contribution in [0.25, 0.3) is 0 Å². The molecule has 6 heteroatoms. The van der Waals surface area contributed by atoms with Gasteiger partial charge < -0.3 is 15.5 Å². The molecule has 0 aliphatic carbocycles. The van der Waals surface area contributed by atoms with E-state index >= 15 is 0 Å². The molecular formula is C21H24FN3O2. The highest BCUT2D eigenvalue weighted by atomic mass is 19.1. The predicted octanol–water partition coefficient (Wildman–Crippen LogP) is 4.10. The van der Waals surface area contributed by atoms with Gasteiger partial charge in [0.05, 0.1) is 6.04 Å². The van der Waals surface area contributed by atoms with Gasteiger partial charge in [-0.05, 0) is 48.7 Å². The van der Waals surface area contributed by atoms with Crippen LogP contribution in [0, 0.1) is 5.82 Å². The van der Waals surface area contributed by atoms with E-state index in [2.05, 4.69) is 17.6 Å². The second-order valence-electron chi connectivity index (χ2n) is 6.78. The summed E-state index contributed by atoms with van der Waals surface area (Å²) >= 11 is 0. The minimum atomic E-state index is -0.392. The molecule has 1 aliphatic rings. The molecule has 0 aromatic heterocycles. The maximum Gasteiger partial charge on any atom is 0.319 e. The molecule has 0 saturated carbocycles. The van der Waals surface area contributed by atoms with E-state index in [0.29, 0.717) is 17.9 Å². The molecule has 1 fully saturated rings. The van der Waals surface area contributed by atoms with Gasteiger partial charge in [-0.1, -0.05) is 31.5 Å². The highest BCUT2D eigenvalue weighted by molar-refractivity contribution is 5.97. The molecule has 0 spiro atoms. The van der Waals surface area contributed by atoms with Gasteiger partial charge in [-0.3, -0.25) is 4.79 Å². The lowest BCUT2D eigenvalue weighted by molar-refractivity contribution is -0.117. The van der Waals surface area contributed by atoms with Crippen molar-refractivity contribution < 1.29 is 14.0 Å². The van der Waals surface area contributed by atoms with Crippen molar-refractivity contribution in [3.05, 3.63) is 59.9 Å². The van der Waals surface area contributed by atoms with Crippen LogP contribution in [0.5, 0.6) is 0 Å². The van der Waals surface area contributed by atoms with E-state index < -0.39 is 5.82 Å². The van der Waals surface area contributed by atoms with Gasteiger partial charge in [0.15, 0.2) is 0 Å². The smallest absolute Gasteiger partial charge is 0.319 e. The fraction of sp³-hybridized carbons (Fsp3) is 0.333. The van der Waals surface area contributed by atoms with Crippen LogP contribution in [0.2, 0.25) is 0 Å². The third kappa shape index (κ3) is 5.06. The fourth-order valence-electron chi connectivity index (χ4n) is 3.19. The van der Waals surface area contributed by atoms with Gasteiger partial charge in [-0.2, -0.15) is 0 Å². The van der Waals surface area contributed by atoms with Crippen LogP contribution in [0.15, 0.2) is 48.5 Å². The highest BCUT2D eigenvalue weighted by Gasteiger charge is 2.31. The number of urea groups is 1. The fourth-order valence-corrected chi connectivity index (χ4v) is 3.19. The monoisotopic (exact) mass is 369 g/mol. The summed E-state index contributed by atoms with van der Waals surface area (Å²) < 4.78 is 13.4. The molecule has 1 atom stereocenters. The van der Waals surface area contributed by atoms with Gasteiger partial charge in [0.2, 0.25) is 5.91 Å². The average Bonchev–Trinajstić information content (AvgIpc) is 3.01. The molecule has 3 rings (SSSR count). The average molecular weight is 369 g/mol. The van der Waals surface area contributed by atoms with Gasteiger partial charge in [0.25, 0.3) is 0 Å². The van der Waals surface area contributed by atoms with E-state index in [1.54, 1.807) is 12.1 Å². The number of hydrogen-bond donors (Lipinski definition) is 2. The zero-order valence-corrected chi connectivity index (χ0v) is 15.4. The van der Waals surface area contributed by atoms with Crippen LogP contribution in [-0.4, -0.2) is 24.5 Å². The molecule has 142 valence electrons. The number of hydrogen-bond acceptors (Lipinski definition) is 2. The molecule has 27 heavy (non-hydrogen) atoms. The van der Waals surface area contributed by atoms with Crippen molar-refractivity contribution in [2.24, 2.45) is 0 Å². The Morgan fingerprint density at radius 1 is 1.22 bits per heavy atom. The van der Waals surface area contributed by atoms with E-state index in [0.717, 1.165) is 19.3 Å². The van der Waals surface area contributed by atoms with E-state index in [-0.39, 0.29) is 24.4 Å². The first-order valence-corrected chi connectivity index (χ1v) is 9.27. The predicted molar refractivity (Wildman–Crippen MR) is 104 cm³/mol. The lowest BCUT2D eigenvalue weighted by Gasteiger charge is -2.17. The highest BCUT2D eigenvalue weighted by Crippen LogP contribution is 2.22. The minimum absolute atomic E-state index is 0.133. The summed E-state index contributed by atoms with van der Waals surface area (Å²) in [5.74, 6) is -0.525. The molecule has 5 nitrogen and oxygen atoms in total. The van der Waals surface area contributed by atoms with Gasteiger partial charge >= 0.3 is 6.03 Å². The van der Waals surface area contributed by atoms with Crippen LogP contribution in [-0.2, 0) is 11.2 Å². The lowest BCUT2D eigenvalue weighted by Crippen LogP contribution is -2.39. The third-order valence-corrected chi connectivity index (χ3v) is 4.61. The summed E-state index contributed by atoms with van der Waals surface area (Å²) in [5, 5.41) is 5.61. The van der Waals surface area contributed by atoms with Gasteiger partial charge in [0, 0.05) is 24.3 Å². The first-order valence-electron chi connectivity index (χ1n) is 9.27. The second-order valence-corrected chi connectivity index (χ2v) is 6.78. The molecule has 2 N–H and O–H groups in total. The van der Waals surface area contributed by atoms with Crippen LogP contribution < -0.4 is 15.5 Å². The van der Waals surface area contributed by atoms with Crippen molar-refractivity contribution in [2.45, 2.75) is 38.6 Å². The zero-order valence-electron chi connectivity index (χ0n) is 15.4. The standard InChI is InChI=1S/C21H24FN3O2/c1-2-3-5-15-8-10-17(11-9-15)23-21(27)24-18-13-20(26)25(14-18)19-7-4-6-16(22)12-19/h4,6-12,18H,2-3,5,13-14H2,1H3,(H2,23,24,27)/t18-/m0/s1. The molecule has 2 aromatic rings. The quantitative estimate of drug-likeness (QED) is 0.805. The SMILES string of the molecule is CCCCc1ccc(NC(=O)N[C@H]2CC(=O)N(c3cccc(F)c3)C2)cc1. The Hall–Kier alpha value is -2.89. The molecule has 1 heterocycles. The number of aryl methyl sites for hydroxylation is 1. The number of carbonyl (C=O) groups is 2. The third-order valence-electron chi connectivity index (χ3n) is 4.61. The van der Waals surface area contributed by atoms with E-state index in [1.807, 2.05) is 24.3 Å². The van der Waals surface area contributed by atoms with E-state index in [1.165, 1.54) is 22.6 Å². The normalized spacial score (nSPS) is 16.4. The largest absolute Gasteiger partial charge is 0.333 e. The van der Waals surface area contributed by atoms with Gasteiger partial charge in [-0.25, -0.2) is 9.18 Å². The molecule has 3 amide bonds. The van der Waals surface area contributed by atoms with Gasteiger partial charge in [0.1, 0.15) is 5.82 Å². The van der Waals surface area contributed by atoms with Crippen molar-refractivity contribution in [1.82, 2.24) is 5.32 Å². The Bertz CT molecular complexity index is 807. The molecule has 2 aromatic carbocycles. The van der Waals surface area contributed by atoms with Crippen LogP contribution >= 0.6 is 0 Å². The van der Waals surface area contributed by atoms with Crippen LogP contribution in [0.3, 0.4) is 0 Å². The number of nitrogens with zero attached hydrogens (tertiary/aromatic N) is 1. The molecule has 0 unspecified atom stereocenters. The van der Waals surface area contributed by atoms with Gasteiger partial charge in [-0.15, -0.1) is 0 Å². The Kier molecular flexibility index (Phi) is 6.06. The summed E-state index contributed by atoms with van der Waals surface area (Å²) in [6, 6.07) is 13.0. The number of rotatable bonds is 6. The Labute approximate surface area is 158 Å². The molecule has 1 aliphatic heterocycles. The molecule has 0 radical (unpaired) electrons. The van der Waals surface area contributed by atoms with E-state index in [4.69, 9.17) is 0 Å². The topological polar surface area (TPSA) is 61.4 Å². The first kappa shape index (κ1) is 18.9. The maximum absolute atomic E-state index is 13.4. The molecule has 1 saturated heterocycles. The maximum atomic E-state index is 13.4. The number of nitrogens with one attached hydrogen (secondary N) is 2. The second kappa shape index (κ2) is 8.66. The summed E-state index contributed by atoms with van der Waals surface area (Å²) in [6.07, 6.45) is 3.52. The number of anilines is 2. The lowest BCUT2D eigenvalue weighted by atomic mass is 10.1. The first-order chi connectivity index (χ1) is 13.0. The Morgan fingerprint density at radius 3 is 2.70 bits per heavy atom. The van der Waals surface area contributed by atoms with Crippen molar-refractivity contribution in [2.75, 3.05) is 16.8 Å². The van der Waals surface area contributed by atoms with Crippen molar-refractivity contribution in [3.63, 3.8) is 0 Å². The van der Waals surface area contributed by atoms with Crippen molar-refractivity contribution in [1.29, 1.82) is 0 Å². The summed E-state index contributed by atoms with van der Waals surface area (Å²) in [5.41, 5.74) is 2.46. The van der Waals surface area contributed by atoms with E-state index in [9.17, 15) is 14.0 Å². The number of amides is 3. The number of benzene rings is 2. The number of unbranched alkanes of at least 4 members (excludes halogenated alkanes) is 1. The van der Waals surface area contributed by atoms with Crippen LogP contribution in [0.4, 0.5) is 20.6 Å². The Balaban J connectivity index is 1.53.